The smallest absolute Gasteiger partial charge is 0.183 e. The van der Waals surface area contributed by atoms with E-state index in [1.165, 1.54) is 38.8 Å². The minimum absolute atomic E-state index is 0.515. The molecule has 1 aliphatic carbocycles. The molecule has 1 unspecified atom stereocenters. The fourth-order valence-electron chi connectivity index (χ4n) is 2.61. The van der Waals surface area contributed by atoms with Crippen LogP contribution < -0.4 is 5.32 Å². The average molecular weight is 208 g/mol. The van der Waals surface area contributed by atoms with Crippen LogP contribution in [0.15, 0.2) is 4.99 Å². The zero-order valence-corrected chi connectivity index (χ0v) is 9.24. The maximum atomic E-state index is 5.70. The van der Waals surface area contributed by atoms with Crippen molar-refractivity contribution < 1.29 is 4.74 Å². The van der Waals surface area contributed by atoms with Crippen LogP contribution in [0.3, 0.4) is 0 Å². The van der Waals surface area contributed by atoms with E-state index in [1.54, 1.807) is 0 Å². The summed E-state index contributed by atoms with van der Waals surface area (Å²) in [5, 5.41) is 3.40. The summed E-state index contributed by atoms with van der Waals surface area (Å²) < 4.78 is 5.70. The Balaban J connectivity index is 1.51. The van der Waals surface area contributed by atoms with Gasteiger partial charge < -0.3 is 10.1 Å². The molecule has 1 N–H and O–H groups in total. The average Bonchev–Trinajstić information content (AvgIpc) is 3.02. The highest BCUT2D eigenvalue weighted by molar-refractivity contribution is 5.78. The van der Waals surface area contributed by atoms with E-state index >= 15 is 0 Å². The fourth-order valence-corrected chi connectivity index (χ4v) is 2.61. The van der Waals surface area contributed by atoms with Crippen LogP contribution in [0.4, 0.5) is 0 Å². The molecular formula is C12H20N2O. The maximum Gasteiger partial charge on any atom is 0.183 e. The fraction of sp³-hybridized carbons (Fsp3) is 0.917. The largest absolute Gasteiger partial charge is 0.479 e. The molecule has 0 bridgehead atoms. The van der Waals surface area contributed by atoms with Gasteiger partial charge in [0.1, 0.15) is 6.61 Å². The van der Waals surface area contributed by atoms with Crippen LogP contribution in [0.1, 0.15) is 32.1 Å². The first-order valence-electron chi connectivity index (χ1n) is 6.32. The lowest BCUT2D eigenvalue weighted by molar-refractivity contribution is 0.286. The molecule has 3 heteroatoms. The predicted molar refractivity (Wildman–Crippen MR) is 60.1 cm³/mol. The molecule has 2 aliphatic heterocycles. The molecule has 15 heavy (non-hydrogen) atoms. The van der Waals surface area contributed by atoms with Gasteiger partial charge in [-0.3, -0.25) is 0 Å². The molecule has 0 radical (unpaired) electrons. The summed E-state index contributed by atoms with van der Waals surface area (Å²) in [5.74, 6) is 2.72. The molecular weight excluding hydrogens is 188 g/mol. The molecule has 0 aromatic heterocycles. The molecule has 0 aromatic rings. The second-order valence-corrected chi connectivity index (χ2v) is 5.14. The standard InChI is InChI=1S/C12H20N2O/c1-2-10(1)11-8-15-12(14-11)7-9-3-5-13-6-4-9/h9-11,13H,1-8H2. The number of rotatable bonds is 3. The highest BCUT2D eigenvalue weighted by Gasteiger charge is 2.35. The number of hydrogen-bond donors (Lipinski definition) is 1. The summed E-state index contributed by atoms with van der Waals surface area (Å²) >= 11 is 0. The molecule has 1 saturated carbocycles. The van der Waals surface area contributed by atoms with Gasteiger partial charge in [0.05, 0.1) is 6.04 Å². The van der Waals surface area contributed by atoms with Gasteiger partial charge in [0, 0.05) is 6.42 Å². The SMILES string of the molecule is C1CC(CC2=NC(C3CC3)CO2)CCN1. The second kappa shape index (κ2) is 4.12. The van der Waals surface area contributed by atoms with E-state index in [0.717, 1.165) is 30.8 Å². The first kappa shape index (κ1) is 9.64. The predicted octanol–water partition coefficient (Wildman–Crippen LogP) is 1.58. The van der Waals surface area contributed by atoms with Gasteiger partial charge in [-0.15, -0.1) is 0 Å². The molecule has 3 rings (SSSR count). The van der Waals surface area contributed by atoms with E-state index in [2.05, 4.69) is 5.32 Å². The van der Waals surface area contributed by atoms with E-state index in [9.17, 15) is 0 Å². The van der Waals surface area contributed by atoms with Crippen LogP contribution in [-0.4, -0.2) is 31.6 Å². The second-order valence-electron chi connectivity index (χ2n) is 5.14. The van der Waals surface area contributed by atoms with Crippen molar-refractivity contribution in [3.63, 3.8) is 0 Å². The number of nitrogens with one attached hydrogen (secondary N) is 1. The zero-order valence-electron chi connectivity index (χ0n) is 9.24. The quantitative estimate of drug-likeness (QED) is 0.764. The van der Waals surface area contributed by atoms with Crippen molar-refractivity contribution in [1.29, 1.82) is 0 Å². The van der Waals surface area contributed by atoms with Crippen molar-refractivity contribution in [1.82, 2.24) is 5.32 Å². The Morgan fingerprint density at radius 1 is 1.20 bits per heavy atom. The van der Waals surface area contributed by atoms with Gasteiger partial charge in [0.25, 0.3) is 0 Å². The van der Waals surface area contributed by atoms with Crippen molar-refractivity contribution in [3.05, 3.63) is 0 Å². The van der Waals surface area contributed by atoms with Crippen LogP contribution in [0.5, 0.6) is 0 Å². The van der Waals surface area contributed by atoms with Gasteiger partial charge >= 0.3 is 0 Å². The molecule has 0 aromatic carbocycles. The lowest BCUT2D eigenvalue weighted by atomic mass is 9.95. The Labute approximate surface area is 91.3 Å². The molecule has 2 fully saturated rings. The first-order valence-corrected chi connectivity index (χ1v) is 6.32. The monoisotopic (exact) mass is 208 g/mol. The van der Waals surface area contributed by atoms with Crippen LogP contribution in [0.2, 0.25) is 0 Å². The molecule has 84 valence electrons. The summed E-state index contributed by atoms with van der Waals surface area (Å²) in [4.78, 5) is 4.72. The van der Waals surface area contributed by atoms with E-state index in [4.69, 9.17) is 9.73 Å². The molecule has 0 spiro atoms. The summed E-state index contributed by atoms with van der Waals surface area (Å²) in [7, 11) is 0. The highest BCUT2D eigenvalue weighted by atomic mass is 16.5. The third-order valence-corrected chi connectivity index (χ3v) is 3.82. The molecule has 2 heterocycles. The van der Waals surface area contributed by atoms with Gasteiger partial charge in [-0.05, 0) is 50.6 Å². The van der Waals surface area contributed by atoms with Crippen LogP contribution >= 0.6 is 0 Å². The molecule has 3 aliphatic rings. The number of nitrogens with zero attached hydrogens (tertiary/aromatic N) is 1. The van der Waals surface area contributed by atoms with Gasteiger partial charge in [-0.1, -0.05) is 0 Å². The van der Waals surface area contributed by atoms with Crippen LogP contribution in [0, 0.1) is 11.8 Å². The Morgan fingerprint density at radius 3 is 2.73 bits per heavy atom. The van der Waals surface area contributed by atoms with Gasteiger partial charge in [-0.25, -0.2) is 4.99 Å². The normalized spacial score (nSPS) is 32.5. The first-order chi connectivity index (χ1) is 7.42. The van der Waals surface area contributed by atoms with Crippen molar-refractivity contribution in [2.75, 3.05) is 19.7 Å². The lowest BCUT2D eigenvalue weighted by Gasteiger charge is -2.21. The van der Waals surface area contributed by atoms with E-state index in [1.807, 2.05) is 0 Å². The van der Waals surface area contributed by atoms with Gasteiger partial charge in [0.2, 0.25) is 0 Å². The molecule has 0 amide bonds. The molecule has 3 nitrogen and oxygen atoms in total. The van der Waals surface area contributed by atoms with E-state index < -0.39 is 0 Å². The molecule has 1 atom stereocenters. The summed E-state index contributed by atoms with van der Waals surface area (Å²) in [6, 6.07) is 0.515. The third-order valence-electron chi connectivity index (χ3n) is 3.82. The van der Waals surface area contributed by atoms with Crippen molar-refractivity contribution >= 4 is 5.90 Å². The minimum Gasteiger partial charge on any atom is -0.479 e. The van der Waals surface area contributed by atoms with E-state index in [-0.39, 0.29) is 0 Å². The van der Waals surface area contributed by atoms with E-state index in [0.29, 0.717) is 6.04 Å². The minimum atomic E-state index is 0.515. The van der Waals surface area contributed by atoms with Crippen LogP contribution in [-0.2, 0) is 4.74 Å². The number of aliphatic imine (C=N–C) groups is 1. The van der Waals surface area contributed by atoms with Crippen molar-refractivity contribution in [2.45, 2.75) is 38.1 Å². The van der Waals surface area contributed by atoms with Gasteiger partial charge in [0.15, 0.2) is 5.90 Å². The number of ether oxygens (including phenoxy) is 1. The number of hydrogen-bond acceptors (Lipinski definition) is 3. The summed E-state index contributed by atoms with van der Waals surface area (Å²) in [6.45, 7) is 3.21. The Bertz CT molecular complexity index is 254. The topological polar surface area (TPSA) is 33.6 Å². The third kappa shape index (κ3) is 2.33. The Morgan fingerprint density at radius 2 is 2.00 bits per heavy atom. The van der Waals surface area contributed by atoms with Crippen LogP contribution in [0.25, 0.3) is 0 Å². The van der Waals surface area contributed by atoms with Crippen molar-refractivity contribution in [3.8, 4) is 0 Å². The van der Waals surface area contributed by atoms with Crippen molar-refractivity contribution in [2.24, 2.45) is 16.8 Å². The Kier molecular flexibility index (Phi) is 2.65. The highest BCUT2D eigenvalue weighted by Crippen LogP contribution is 2.36. The summed E-state index contributed by atoms with van der Waals surface area (Å²) in [6.07, 6.45) is 6.41. The maximum absolute atomic E-state index is 5.70. The Hall–Kier alpha value is -0.570. The van der Waals surface area contributed by atoms with Gasteiger partial charge in [-0.2, -0.15) is 0 Å². The molecule has 1 saturated heterocycles. The number of piperidine rings is 1. The lowest BCUT2D eigenvalue weighted by Crippen LogP contribution is -2.28. The summed E-state index contributed by atoms with van der Waals surface area (Å²) in [5.41, 5.74) is 0. The zero-order chi connectivity index (χ0) is 10.1.